The zero-order valence-corrected chi connectivity index (χ0v) is 14.6. The molecule has 0 bridgehead atoms. The number of hydrogen-bond donors (Lipinski definition) is 2. The Labute approximate surface area is 159 Å². The first-order valence-corrected chi connectivity index (χ1v) is 8.61. The standard InChI is InChI=1S/C19H15N5O4/c20-10-12-2-5-14(6-3-12)28-15-7-4-13(11-21-15)24-9-1-8-19(24)16(25)22-18(27)23-17(19)26/h2-7,11H,1,8-9H2,(H2,22,23,25,26,27). The Bertz CT molecular complexity index is 974. The van der Waals surface area contributed by atoms with Crippen molar-refractivity contribution < 1.29 is 19.1 Å². The zero-order valence-electron chi connectivity index (χ0n) is 14.6. The van der Waals surface area contributed by atoms with E-state index in [1.54, 1.807) is 41.3 Å². The SMILES string of the molecule is N#Cc1ccc(Oc2ccc(N3CCCC34C(=O)NC(=O)NC4=O)cn2)cc1. The maximum absolute atomic E-state index is 12.5. The predicted octanol–water partition coefficient (Wildman–Crippen LogP) is 1.45. The summed E-state index contributed by atoms with van der Waals surface area (Å²) in [5.41, 5.74) is -0.354. The van der Waals surface area contributed by atoms with Crippen LogP contribution in [0.25, 0.3) is 0 Å². The number of barbiturate groups is 1. The molecule has 9 nitrogen and oxygen atoms in total. The molecule has 2 fully saturated rings. The molecule has 4 amide bonds. The van der Waals surface area contributed by atoms with Crippen LogP contribution in [0, 0.1) is 11.3 Å². The van der Waals surface area contributed by atoms with Crippen molar-refractivity contribution in [3.8, 4) is 17.7 Å². The van der Waals surface area contributed by atoms with Crippen molar-refractivity contribution in [2.24, 2.45) is 0 Å². The van der Waals surface area contributed by atoms with Crippen molar-refractivity contribution >= 4 is 23.5 Å². The lowest BCUT2D eigenvalue weighted by molar-refractivity contribution is -0.137. The summed E-state index contributed by atoms with van der Waals surface area (Å²) in [7, 11) is 0. The molecule has 2 N–H and O–H groups in total. The number of aromatic nitrogens is 1. The van der Waals surface area contributed by atoms with Crippen molar-refractivity contribution in [3.05, 3.63) is 48.2 Å². The number of hydrogen-bond acceptors (Lipinski definition) is 7. The molecule has 1 aromatic carbocycles. The number of nitrogens with one attached hydrogen (secondary N) is 2. The molecule has 3 heterocycles. The molecule has 9 heteroatoms. The molecule has 2 aliphatic rings. The summed E-state index contributed by atoms with van der Waals surface area (Å²) in [6, 6.07) is 11.2. The lowest BCUT2D eigenvalue weighted by Gasteiger charge is -2.38. The van der Waals surface area contributed by atoms with E-state index >= 15 is 0 Å². The molecular formula is C19H15N5O4. The Hall–Kier alpha value is -3.93. The molecule has 1 spiro atoms. The monoisotopic (exact) mass is 377 g/mol. The summed E-state index contributed by atoms with van der Waals surface area (Å²) in [6.45, 7) is 0.479. The van der Waals surface area contributed by atoms with Crippen LogP contribution in [0.3, 0.4) is 0 Å². The van der Waals surface area contributed by atoms with E-state index in [1.807, 2.05) is 6.07 Å². The summed E-state index contributed by atoms with van der Waals surface area (Å²) in [4.78, 5) is 42.3. The number of rotatable bonds is 3. The first kappa shape index (κ1) is 17.5. The van der Waals surface area contributed by atoms with Gasteiger partial charge in [-0.3, -0.25) is 20.2 Å². The first-order valence-electron chi connectivity index (χ1n) is 8.61. The Balaban J connectivity index is 1.56. The van der Waals surface area contributed by atoms with Gasteiger partial charge in [-0.2, -0.15) is 5.26 Å². The molecular weight excluding hydrogens is 362 g/mol. The molecule has 0 unspecified atom stereocenters. The number of urea groups is 1. The van der Waals surface area contributed by atoms with Gasteiger partial charge in [0.2, 0.25) is 5.88 Å². The number of carbonyl (C=O) groups is 3. The van der Waals surface area contributed by atoms with E-state index in [0.29, 0.717) is 42.3 Å². The van der Waals surface area contributed by atoms with Crippen LogP contribution in [0.5, 0.6) is 11.6 Å². The second kappa shape index (κ2) is 6.66. The van der Waals surface area contributed by atoms with E-state index in [9.17, 15) is 14.4 Å². The highest BCUT2D eigenvalue weighted by atomic mass is 16.5. The topological polar surface area (TPSA) is 124 Å². The smallest absolute Gasteiger partial charge is 0.328 e. The van der Waals surface area contributed by atoms with E-state index in [4.69, 9.17) is 10.00 Å². The number of benzene rings is 1. The highest BCUT2D eigenvalue weighted by Crippen LogP contribution is 2.36. The largest absolute Gasteiger partial charge is 0.439 e. The number of imide groups is 2. The molecule has 140 valence electrons. The summed E-state index contributed by atoms with van der Waals surface area (Å²) in [5, 5.41) is 13.2. The first-order chi connectivity index (χ1) is 13.5. The van der Waals surface area contributed by atoms with Gasteiger partial charge in [0.15, 0.2) is 5.54 Å². The molecule has 0 aliphatic carbocycles. The van der Waals surface area contributed by atoms with Crippen molar-refractivity contribution in [3.63, 3.8) is 0 Å². The van der Waals surface area contributed by atoms with Gasteiger partial charge in [0.05, 0.1) is 23.5 Å². The number of pyridine rings is 1. The summed E-state index contributed by atoms with van der Waals surface area (Å²) < 4.78 is 5.65. The minimum atomic E-state index is -1.45. The van der Waals surface area contributed by atoms with Crippen LogP contribution in [0.1, 0.15) is 18.4 Å². The maximum atomic E-state index is 12.5. The average molecular weight is 377 g/mol. The van der Waals surface area contributed by atoms with Crippen LogP contribution < -0.4 is 20.3 Å². The van der Waals surface area contributed by atoms with E-state index in [1.165, 1.54) is 6.20 Å². The highest BCUT2D eigenvalue weighted by Gasteiger charge is 2.57. The lowest BCUT2D eigenvalue weighted by atomic mass is 9.92. The minimum absolute atomic E-state index is 0.307. The van der Waals surface area contributed by atoms with E-state index in [0.717, 1.165) is 0 Å². The Kier molecular flexibility index (Phi) is 4.16. The van der Waals surface area contributed by atoms with Gasteiger partial charge in [-0.1, -0.05) is 0 Å². The van der Waals surface area contributed by atoms with Crippen LogP contribution in [-0.4, -0.2) is 34.9 Å². The van der Waals surface area contributed by atoms with E-state index in [2.05, 4.69) is 15.6 Å². The fourth-order valence-electron chi connectivity index (χ4n) is 3.50. The normalized spacial score (nSPS) is 17.8. The molecule has 28 heavy (non-hydrogen) atoms. The van der Waals surface area contributed by atoms with Crippen molar-refractivity contribution in [1.29, 1.82) is 5.26 Å². The number of nitrogens with zero attached hydrogens (tertiary/aromatic N) is 3. The van der Waals surface area contributed by atoms with Gasteiger partial charge in [0.1, 0.15) is 5.75 Å². The predicted molar refractivity (Wildman–Crippen MR) is 96.5 cm³/mol. The summed E-state index contributed by atoms with van der Waals surface area (Å²) in [5.74, 6) is -0.399. The minimum Gasteiger partial charge on any atom is -0.439 e. The van der Waals surface area contributed by atoms with Crippen LogP contribution >= 0.6 is 0 Å². The molecule has 2 aliphatic heterocycles. The van der Waals surface area contributed by atoms with Gasteiger partial charge in [0.25, 0.3) is 11.8 Å². The van der Waals surface area contributed by atoms with Crippen LogP contribution in [0.4, 0.5) is 10.5 Å². The van der Waals surface area contributed by atoms with Gasteiger partial charge >= 0.3 is 6.03 Å². The van der Waals surface area contributed by atoms with Gasteiger partial charge in [0, 0.05) is 12.6 Å². The number of ether oxygens (including phenoxy) is 1. The number of carbonyl (C=O) groups excluding carboxylic acids is 3. The number of anilines is 1. The van der Waals surface area contributed by atoms with Crippen LogP contribution in [0.2, 0.25) is 0 Å². The zero-order chi connectivity index (χ0) is 19.7. The van der Waals surface area contributed by atoms with Crippen molar-refractivity contribution in [2.45, 2.75) is 18.4 Å². The third kappa shape index (κ3) is 2.81. The highest BCUT2D eigenvalue weighted by molar-refractivity contribution is 6.24. The Morgan fingerprint density at radius 2 is 1.79 bits per heavy atom. The molecule has 0 radical (unpaired) electrons. The molecule has 4 rings (SSSR count). The van der Waals surface area contributed by atoms with E-state index < -0.39 is 23.4 Å². The number of nitriles is 1. The Morgan fingerprint density at radius 1 is 1.07 bits per heavy atom. The third-order valence-corrected chi connectivity index (χ3v) is 4.82. The Morgan fingerprint density at radius 3 is 2.39 bits per heavy atom. The lowest BCUT2D eigenvalue weighted by Crippen LogP contribution is -2.71. The molecule has 1 aromatic heterocycles. The van der Waals surface area contributed by atoms with Gasteiger partial charge in [-0.15, -0.1) is 0 Å². The maximum Gasteiger partial charge on any atom is 0.328 e. The van der Waals surface area contributed by atoms with Gasteiger partial charge in [-0.05, 0) is 43.2 Å². The van der Waals surface area contributed by atoms with Crippen molar-refractivity contribution in [1.82, 2.24) is 15.6 Å². The van der Waals surface area contributed by atoms with Crippen LogP contribution in [0.15, 0.2) is 42.6 Å². The van der Waals surface area contributed by atoms with Gasteiger partial charge < -0.3 is 9.64 Å². The quantitative estimate of drug-likeness (QED) is 0.776. The molecule has 0 saturated carbocycles. The molecule has 2 saturated heterocycles. The van der Waals surface area contributed by atoms with E-state index in [-0.39, 0.29) is 0 Å². The number of amides is 4. The third-order valence-electron chi connectivity index (χ3n) is 4.82. The fraction of sp³-hybridized carbons (Fsp3) is 0.211. The van der Waals surface area contributed by atoms with Crippen molar-refractivity contribution in [2.75, 3.05) is 11.4 Å². The van der Waals surface area contributed by atoms with Gasteiger partial charge in [-0.25, -0.2) is 9.78 Å². The fourth-order valence-corrected chi connectivity index (χ4v) is 3.50. The average Bonchev–Trinajstić information content (AvgIpc) is 3.14. The summed E-state index contributed by atoms with van der Waals surface area (Å²) in [6.07, 6.45) is 2.45. The van der Waals surface area contributed by atoms with Crippen LogP contribution in [-0.2, 0) is 9.59 Å². The summed E-state index contributed by atoms with van der Waals surface area (Å²) >= 11 is 0. The second-order valence-electron chi connectivity index (χ2n) is 6.45. The molecule has 2 aromatic rings. The molecule has 0 atom stereocenters. The second-order valence-corrected chi connectivity index (χ2v) is 6.45.